The summed E-state index contributed by atoms with van der Waals surface area (Å²) in [6.45, 7) is 6.42. The van der Waals surface area contributed by atoms with Crippen LogP contribution in [0.4, 0.5) is 0 Å². The van der Waals surface area contributed by atoms with E-state index >= 15 is 0 Å². The van der Waals surface area contributed by atoms with Gasteiger partial charge in [-0.3, -0.25) is 19.3 Å². The van der Waals surface area contributed by atoms with Gasteiger partial charge in [0.15, 0.2) is 12.6 Å². The number of amides is 2. The second-order valence-electron chi connectivity index (χ2n) is 12.0. The molecule has 0 unspecified atom stereocenters. The Morgan fingerprint density at radius 2 is 1.17 bits per heavy atom. The van der Waals surface area contributed by atoms with Crippen LogP contribution in [0.3, 0.4) is 0 Å². The van der Waals surface area contributed by atoms with E-state index in [1.807, 2.05) is 6.92 Å². The number of Topliss-reactive ketones (excluding diaryl/α,β-unsaturated/α-hetero) is 1. The first-order valence-corrected chi connectivity index (χ1v) is 16.5. The molecule has 2 heterocycles. The number of ether oxygens (including phenoxy) is 4. The van der Waals surface area contributed by atoms with Crippen molar-refractivity contribution < 1.29 is 64.0 Å². The number of carbonyl (C=O) groups excluding carboxylic acids is 3. The lowest BCUT2D eigenvalue weighted by molar-refractivity contribution is -0.292. The van der Waals surface area contributed by atoms with Crippen LogP contribution >= 0.6 is 0 Å². The van der Waals surface area contributed by atoms with Crippen molar-refractivity contribution in [1.29, 1.82) is 0 Å². The van der Waals surface area contributed by atoms with Crippen molar-refractivity contribution in [2.45, 2.75) is 114 Å². The molecule has 0 aromatic rings. The molecule has 2 aliphatic rings. The summed E-state index contributed by atoms with van der Waals surface area (Å²) in [5.41, 5.74) is 0. The number of nitrogens with one attached hydrogen (secondary N) is 3. The third-order valence-corrected chi connectivity index (χ3v) is 8.07. The first-order chi connectivity index (χ1) is 22.3. The molecular weight excluding hydrogens is 624 g/mol. The SMILES string of the molecule is CCC(=O)CCCCCNC(=O)CN(CCNCCO[C@@H]1O[C@@H](C)[C@@H](O)[C@@H](O)[C@@H]1O)CC(=O)NCCO[C@@H]1O[C@@H](C)[C@@H](O)[C@@H](O)[C@@H]1O. The van der Waals surface area contributed by atoms with Crippen LogP contribution in [0.1, 0.15) is 52.9 Å². The highest BCUT2D eigenvalue weighted by Crippen LogP contribution is 2.22. The third kappa shape index (κ3) is 14.6. The zero-order chi connectivity index (χ0) is 34.9. The highest BCUT2D eigenvalue weighted by molar-refractivity contribution is 5.81. The molecule has 17 heteroatoms. The van der Waals surface area contributed by atoms with Crippen molar-refractivity contribution in [3.63, 3.8) is 0 Å². The summed E-state index contributed by atoms with van der Waals surface area (Å²) in [6, 6.07) is 0. The molecule has 0 spiro atoms. The van der Waals surface area contributed by atoms with Gasteiger partial charge in [-0.2, -0.15) is 0 Å². The fraction of sp³-hybridized carbons (Fsp3) is 0.900. The summed E-state index contributed by atoms with van der Waals surface area (Å²) in [5.74, 6) is -0.417. The molecule has 17 nitrogen and oxygen atoms in total. The smallest absolute Gasteiger partial charge is 0.234 e. The maximum Gasteiger partial charge on any atom is 0.234 e. The Hall–Kier alpha value is -1.87. The van der Waals surface area contributed by atoms with Crippen LogP contribution in [-0.4, -0.2) is 174 Å². The highest BCUT2D eigenvalue weighted by Gasteiger charge is 2.43. The number of hydrogen-bond acceptors (Lipinski definition) is 15. The number of aliphatic hydroxyl groups excluding tert-OH is 6. The number of carbonyl (C=O) groups is 3. The molecule has 0 radical (unpaired) electrons. The lowest BCUT2D eigenvalue weighted by Crippen LogP contribution is -2.57. The number of unbranched alkanes of at least 4 members (excludes halogenated alkanes) is 2. The van der Waals surface area contributed by atoms with Crippen molar-refractivity contribution in [2.24, 2.45) is 0 Å². The summed E-state index contributed by atoms with van der Waals surface area (Å²) in [7, 11) is 0. The Morgan fingerprint density at radius 3 is 1.70 bits per heavy atom. The summed E-state index contributed by atoms with van der Waals surface area (Å²) in [6.07, 6.45) is -8.52. The first kappa shape index (κ1) is 41.3. The van der Waals surface area contributed by atoms with E-state index in [1.54, 1.807) is 11.8 Å². The molecule has 0 aromatic heterocycles. The molecule has 2 saturated heterocycles. The van der Waals surface area contributed by atoms with Crippen molar-refractivity contribution in [3.05, 3.63) is 0 Å². The second-order valence-corrected chi connectivity index (χ2v) is 12.0. The van der Waals surface area contributed by atoms with Gasteiger partial charge in [-0.1, -0.05) is 13.3 Å². The number of nitrogens with zero attached hydrogens (tertiary/aromatic N) is 1. The van der Waals surface area contributed by atoms with Crippen LogP contribution in [0.25, 0.3) is 0 Å². The molecule has 0 aromatic carbocycles. The molecule has 0 bridgehead atoms. The van der Waals surface area contributed by atoms with Gasteiger partial charge in [0.1, 0.15) is 42.4 Å². The number of rotatable bonds is 22. The molecule has 2 amide bonds. The Kier molecular flexibility index (Phi) is 19.3. The van der Waals surface area contributed by atoms with Crippen molar-refractivity contribution in [2.75, 3.05) is 59.0 Å². The van der Waals surface area contributed by atoms with Gasteiger partial charge in [-0.15, -0.1) is 0 Å². The minimum Gasteiger partial charge on any atom is -0.388 e. The van der Waals surface area contributed by atoms with Crippen LogP contribution in [0.15, 0.2) is 0 Å². The van der Waals surface area contributed by atoms with E-state index in [0.29, 0.717) is 39.0 Å². The predicted octanol–water partition coefficient (Wildman–Crippen LogP) is -3.66. The number of aliphatic hydroxyl groups is 6. The Labute approximate surface area is 275 Å². The summed E-state index contributed by atoms with van der Waals surface area (Å²) >= 11 is 0. The Balaban J connectivity index is 1.75. The molecule has 2 rings (SSSR count). The molecule has 10 atom stereocenters. The van der Waals surface area contributed by atoms with Gasteiger partial charge in [0, 0.05) is 45.6 Å². The van der Waals surface area contributed by atoms with E-state index in [-0.39, 0.29) is 50.4 Å². The van der Waals surface area contributed by atoms with Gasteiger partial charge < -0.3 is 65.5 Å². The van der Waals surface area contributed by atoms with Crippen LogP contribution in [0.2, 0.25) is 0 Å². The Morgan fingerprint density at radius 1 is 0.660 bits per heavy atom. The molecule has 47 heavy (non-hydrogen) atoms. The van der Waals surface area contributed by atoms with Crippen LogP contribution in [0.5, 0.6) is 0 Å². The first-order valence-electron chi connectivity index (χ1n) is 16.5. The normalized spacial score (nSPS) is 31.1. The molecule has 9 N–H and O–H groups in total. The maximum absolute atomic E-state index is 12.7. The molecule has 0 saturated carbocycles. The quantitative estimate of drug-likeness (QED) is 0.0500. The molecule has 2 fully saturated rings. The summed E-state index contributed by atoms with van der Waals surface area (Å²) in [5, 5.41) is 68.2. The standard InChI is InChI=1S/C30H56N4O13/c1-4-20(35)8-6-5-7-9-32-21(36)16-34(13-10-31-11-14-44-29-27(42)25(40)23(38)18(2)46-29)17-22(37)33-12-15-45-30-28(43)26(41)24(39)19(3)47-30/h18-19,23-31,38-43H,4-17H2,1-3H3,(H,32,36)(H,33,37)/t18-,19-,23+,24+,25+,26+,27-,28-,29+,30+/m0/s1. The van der Waals surface area contributed by atoms with Gasteiger partial charge in [0.2, 0.25) is 11.8 Å². The van der Waals surface area contributed by atoms with E-state index in [0.717, 1.165) is 19.3 Å². The second kappa shape index (κ2) is 22.0. The lowest BCUT2D eigenvalue weighted by Gasteiger charge is -2.38. The van der Waals surface area contributed by atoms with Crippen molar-refractivity contribution >= 4 is 17.6 Å². The fourth-order valence-corrected chi connectivity index (χ4v) is 5.04. The largest absolute Gasteiger partial charge is 0.388 e. The van der Waals surface area contributed by atoms with Crippen LogP contribution in [0, 0.1) is 0 Å². The van der Waals surface area contributed by atoms with E-state index in [1.165, 1.54) is 6.92 Å². The maximum atomic E-state index is 12.7. The van der Waals surface area contributed by atoms with Crippen LogP contribution < -0.4 is 16.0 Å². The van der Waals surface area contributed by atoms with Gasteiger partial charge in [0.05, 0.1) is 38.5 Å². The average Bonchev–Trinajstić information content (AvgIpc) is 3.04. The minimum absolute atomic E-state index is 0.0386. The minimum atomic E-state index is -1.45. The number of hydrogen-bond donors (Lipinski definition) is 9. The summed E-state index contributed by atoms with van der Waals surface area (Å²) in [4.78, 5) is 38.4. The van der Waals surface area contributed by atoms with Gasteiger partial charge in [-0.25, -0.2) is 0 Å². The van der Waals surface area contributed by atoms with E-state index in [9.17, 15) is 45.0 Å². The predicted molar refractivity (Wildman–Crippen MR) is 166 cm³/mol. The van der Waals surface area contributed by atoms with Gasteiger partial charge in [-0.05, 0) is 26.7 Å². The van der Waals surface area contributed by atoms with Gasteiger partial charge >= 0.3 is 0 Å². The molecule has 2 aliphatic heterocycles. The Bertz CT molecular complexity index is 934. The van der Waals surface area contributed by atoms with E-state index in [2.05, 4.69) is 16.0 Å². The topological polar surface area (TPSA) is 249 Å². The molecule has 274 valence electrons. The highest BCUT2D eigenvalue weighted by atomic mass is 16.7. The lowest BCUT2D eigenvalue weighted by atomic mass is 10.0. The van der Waals surface area contributed by atoms with Crippen molar-refractivity contribution in [1.82, 2.24) is 20.9 Å². The average molecular weight is 681 g/mol. The van der Waals surface area contributed by atoms with Crippen LogP contribution in [-0.2, 0) is 33.3 Å². The fourth-order valence-electron chi connectivity index (χ4n) is 5.04. The molecular formula is C30H56N4O13. The monoisotopic (exact) mass is 680 g/mol. The summed E-state index contributed by atoms with van der Waals surface area (Å²) < 4.78 is 21.7. The third-order valence-electron chi connectivity index (χ3n) is 8.07. The zero-order valence-electron chi connectivity index (χ0n) is 27.7. The zero-order valence-corrected chi connectivity index (χ0v) is 27.7. The van der Waals surface area contributed by atoms with E-state index < -0.39 is 61.4 Å². The number of ketones is 1. The van der Waals surface area contributed by atoms with Crippen molar-refractivity contribution in [3.8, 4) is 0 Å². The van der Waals surface area contributed by atoms with Gasteiger partial charge in [0.25, 0.3) is 0 Å². The van der Waals surface area contributed by atoms with E-state index in [4.69, 9.17) is 18.9 Å². The molecule has 0 aliphatic carbocycles.